The van der Waals surface area contributed by atoms with Gasteiger partial charge in [-0.25, -0.2) is 8.42 Å². The van der Waals surface area contributed by atoms with Crippen LogP contribution in [0.4, 0.5) is 0 Å². The van der Waals surface area contributed by atoms with Crippen molar-refractivity contribution in [3.63, 3.8) is 0 Å². The number of hydrogen-bond acceptors (Lipinski definition) is 6. The fraction of sp³-hybridized carbons (Fsp3) is 0.579. The first-order valence-electron chi connectivity index (χ1n) is 8.98. The Morgan fingerprint density at radius 3 is 2.23 bits per heavy atom. The number of aliphatic hydroxyl groups is 1. The van der Waals surface area contributed by atoms with Gasteiger partial charge in [0, 0.05) is 12.8 Å². The first-order valence-corrected chi connectivity index (χ1v) is 10.5. The summed E-state index contributed by atoms with van der Waals surface area (Å²) in [5.74, 6) is -0.756. The fourth-order valence-electron chi connectivity index (χ4n) is 2.56. The van der Waals surface area contributed by atoms with Crippen LogP contribution in [0.2, 0.25) is 0 Å². The van der Waals surface area contributed by atoms with Crippen LogP contribution in [0.5, 0.6) is 0 Å². The molecule has 1 N–H and O–H groups in total. The number of sulfone groups is 1. The maximum Gasteiger partial charge on any atom is 0.305 e. The fourth-order valence-corrected chi connectivity index (χ4v) is 4.34. The highest BCUT2D eigenvalue weighted by Gasteiger charge is 2.33. The number of aliphatic hydroxyl groups excluding tert-OH is 1. The normalized spacial score (nSPS) is 13.8. The molecule has 0 aliphatic carbocycles. The van der Waals surface area contributed by atoms with Gasteiger partial charge < -0.3 is 9.84 Å². The Morgan fingerprint density at radius 2 is 1.65 bits per heavy atom. The van der Waals surface area contributed by atoms with Crippen molar-refractivity contribution in [2.75, 3.05) is 6.61 Å². The van der Waals surface area contributed by atoms with Gasteiger partial charge >= 0.3 is 5.97 Å². The van der Waals surface area contributed by atoms with Crippen molar-refractivity contribution >= 4 is 21.6 Å². The van der Waals surface area contributed by atoms with E-state index in [-0.39, 0.29) is 43.0 Å². The predicted octanol–water partition coefficient (Wildman–Crippen LogP) is 2.68. The number of ketones is 1. The van der Waals surface area contributed by atoms with Crippen LogP contribution in [-0.4, -0.2) is 43.2 Å². The van der Waals surface area contributed by atoms with E-state index in [1.807, 2.05) is 13.8 Å². The largest absolute Gasteiger partial charge is 0.463 e. The summed E-state index contributed by atoms with van der Waals surface area (Å²) in [5, 5.41) is 8.78. The highest BCUT2D eigenvalue weighted by molar-refractivity contribution is 7.92. The summed E-state index contributed by atoms with van der Waals surface area (Å²) in [6.45, 7) is 3.46. The second-order valence-corrected chi connectivity index (χ2v) is 8.36. The molecule has 0 fully saturated rings. The van der Waals surface area contributed by atoms with E-state index in [9.17, 15) is 23.1 Å². The Morgan fingerprint density at radius 1 is 1.04 bits per heavy atom. The van der Waals surface area contributed by atoms with Crippen LogP contribution >= 0.6 is 0 Å². The van der Waals surface area contributed by atoms with E-state index in [1.54, 1.807) is 18.2 Å². The molecule has 0 aliphatic rings. The molecule has 1 rings (SSSR count). The smallest absolute Gasteiger partial charge is 0.305 e. The molecule has 146 valence electrons. The number of rotatable bonds is 12. The van der Waals surface area contributed by atoms with Gasteiger partial charge in [-0.1, -0.05) is 32.0 Å². The van der Waals surface area contributed by atoms with Gasteiger partial charge in [-0.2, -0.15) is 0 Å². The Hall–Kier alpha value is -1.73. The summed E-state index contributed by atoms with van der Waals surface area (Å²) in [5.41, 5.74) is 0. The third-order valence-corrected chi connectivity index (χ3v) is 6.13. The standard InChI is InChI=1S/C19H28O6S/c1-3-8-17(21)18(26(23,24)16-10-6-5-7-11-16)13-12-15(20)14-25-19(22)9-4-2/h5-7,10-11,15,18,20H,3-4,8-9,12-14H2,1-2H3/t15-,18?/m1/s1. The Balaban J connectivity index is 2.79. The van der Waals surface area contributed by atoms with Crippen LogP contribution in [0, 0.1) is 0 Å². The minimum Gasteiger partial charge on any atom is -0.463 e. The van der Waals surface area contributed by atoms with Crippen molar-refractivity contribution in [2.45, 2.75) is 68.6 Å². The molecule has 0 spiro atoms. The zero-order valence-corrected chi connectivity index (χ0v) is 16.2. The molecule has 0 saturated heterocycles. The molecule has 0 amide bonds. The number of carbonyl (C=O) groups is 2. The molecule has 0 heterocycles. The summed E-state index contributed by atoms with van der Waals surface area (Å²) < 4.78 is 30.6. The SMILES string of the molecule is CCCC(=O)OC[C@H](O)CCC(C(=O)CCC)S(=O)(=O)c1ccccc1. The maximum absolute atomic E-state index is 12.8. The molecule has 7 heteroatoms. The van der Waals surface area contributed by atoms with Gasteiger partial charge in [-0.3, -0.25) is 9.59 Å². The van der Waals surface area contributed by atoms with E-state index < -0.39 is 27.2 Å². The summed E-state index contributed by atoms with van der Waals surface area (Å²) in [6.07, 6.45) is 0.687. The lowest BCUT2D eigenvalue weighted by molar-refractivity contribution is -0.146. The molecule has 0 bridgehead atoms. The van der Waals surface area contributed by atoms with Crippen molar-refractivity contribution < 1.29 is 27.9 Å². The number of Topliss-reactive ketones (excluding diaryl/α,β-unsaturated/α-hetero) is 1. The molecule has 2 atom stereocenters. The maximum atomic E-state index is 12.8. The lowest BCUT2D eigenvalue weighted by Crippen LogP contribution is -2.32. The quantitative estimate of drug-likeness (QED) is 0.557. The lowest BCUT2D eigenvalue weighted by atomic mass is 10.1. The number of ether oxygens (including phenoxy) is 1. The van der Waals surface area contributed by atoms with Crippen LogP contribution in [-0.2, 0) is 24.2 Å². The topological polar surface area (TPSA) is 97.7 Å². The Kier molecular flexibility index (Phi) is 9.51. The van der Waals surface area contributed by atoms with Gasteiger partial charge in [-0.15, -0.1) is 0 Å². The molecule has 0 radical (unpaired) electrons. The minimum atomic E-state index is -3.83. The average molecular weight is 384 g/mol. The summed E-state index contributed by atoms with van der Waals surface area (Å²) in [6, 6.07) is 7.85. The number of hydrogen-bond donors (Lipinski definition) is 1. The summed E-state index contributed by atoms with van der Waals surface area (Å²) >= 11 is 0. The number of benzene rings is 1. The van der Waals surface area contributed by atoms with Crippen molar-refractivity contribution in [3.05, 3.63) is 30.3 Å². The molecule has 1 unspecified atom stereocenters. The van der Waals surface area contributed by atoms with Crippen LogP contribution in [0.25, 0.3) is 0 Å². The third-order valence-electron chi connectivity index (χ3n) is 3.95. The van der Waals surface area contributed by atoms with Crippen molar-refractivity contribution in [1.82, 2.24) is 0 Å². The van der Waals surface area contributed by atoms with Crippen molar-refractivity contribution in [3.8, 4) is 0 Å². The summed E-state index contributed by atoms with van der Waals surface area (Å²) in [4.78, 5) is 23.8. The highest BCUT2D eigenvalue weighted by Crippen LogP contribution is 2.22. The van der Waals surface area contributed by atoms with Gasteiger partial charge in [0.05, 0.1) is 11.0 Å². The van der Waals surface area contributed by atoms with Crippen molar-refractivity contribution in [1.29, 1.82) is 0 Å². The van der Waals surface area contributed by atoms with Gasteiger partial charge in [0.2, 0.25) is 0 Å². The number of carbonyl (C=O) groups excluding carboxylic acids is 2. The second-order valence-electron chi connectivity index (χ2n) is 6.23. The van der Waals surface area contributed by atoms with Crippen LogP contribution in [0.1, 0.15) is 52.4 Å². The molecule has 1 aromatic rings. The molecule has 1 aromatic carbocycles. The van der Waals surface area contributed by atoms with Gasteiger partial charge in [0.15, 0.2) is 15.6 Å². The van der Waals surface area contributed by atoms with E-state index in [0.29, 0.717) is 12.8 Å². The van der Waals surface area contributed by atoms with Gasteiger partial charge in [0.25, 0.3) is 0 Å². The monoisotopic (exact) mass is 384 g/mol. The minimum absolute atomic E-state index is 0.0114. The van der Waals surface area contributed by atoms with E-state index in [4.69, 9.17) is 4.74 Å². The third kappa shape index (κ3) is 6.88. The van der Waals surface area contributed by atoms with Crippen LogP contribution in [0.15, 0.2) is 35.2 Å². The van der Waals surface area contributed by atoms with E-state index in [1.165, 1.54) is 12.1 Å². The molecular formula is C19H28O6S. The van der Waals surface area contributed by atoms with E-state index in [0.717, 1.165) is 0 Å². The highest BCUT2D eigenvalue weighted by atomic mass is 32.2. The molecule has 0 saturated carbocycles. The van der Waals surface area contributed by atoms with Crippen LogP contribution in [0.3, 0.4) is 0 Å². The zero-order chi connectivity index (χ0) is 19.6. The second kappa shape index (κ2) is 11.1. The van der Waals surface area contributed by atoms with E-state index >= 15 is 0 Å². The average Bonchev–Trinajstić information content (AvgIpc) is 2.61. The molecule has 6 nitrogen and oxygen atoms in total. The molecule has 0 aliphatic heterocycles. The Labute approximate surface area is 155 Å². The molecular weight excluding hydrogens is 356 g/mol. The molecule has 26 heavy (non-hydrogen) atoms. The zero-order valence-electron chi connectivity index (χ0n) is 15.4. The lowest BCUT2D eigenvalue weighted by Gasteiger charge is -2.18. The van der Waals surface area contributed by atoms with Crippen molar-refractivity contribution in [2.24, 2.45) is 0 Å². The summed E-state index contributed by atoms with van der Waals surface area (Å²) in [7, 11) is -3.83. The van der Waals surface area contributed by atoms with Gasteiger partial charge in [0.1, 0.15) is 11.9 Å². The van der Waals surface area contributed by atoms with Gasteiger partial charge in [-0.05, 0) is 37.8 Å². The molecule has 0 aromatic heterocycles. The first-order chi connectivity index (χ1) is 12.3. The Bertz CT molecular complexity index is 669. The van der Waals surface area contributed by atoms with E-state index in [2.05, 4.69) is 0 Å². The first kappa shape index (κ1) is 22.3. The predicted molar refractivity (Wildman–Crippen MR) is 98.4 cm³/mol. The number of esters is 1. The van der Waals surface area contributed by atoms with Crippen LogP contribution < -0.4 is 0 Å².